The normalized spacial score (nSPS) is 15.0. The number of nitrogens with zero attached hydrogens (tertiary/aromatic N) is 4. The van der Waals surface area contributed by atoms with Crippen molar-refractivity contribution in [2.24, 2.45) is 0 Å². The second-order valence-corrected chi connectivity index (χ2v) is 6.43. The van der Waals surface area contributed by atoms with Gasteiger partial charge in [-0.2, -0.15) is 4.39 Å². The van der Waals surface area contributed by atoms with E-state index < -0.39 is 11.8 Å². The van der Waals surface area contributed by atoms with Gasteiger partial charge in [0.15, 0.2) is 0 Å². The number of hydrogen-bond acceptors (Lipinski definition) is 7. The van der Waals surface area contributed by atoms with Crippen molar-refractivity contribution in [2.75, 3.05) is 24.3 Å². The number of anilines is 2. The molecule has 3 aromatic rings. The highest BCUT2D eigenvalue weighted by atomic mass is 19.1. The number of ether oxygens (including phenoxy) is 1. The number of fused-ring (bicyclic) bond motifs is 1. The quantitative estimate of drug-likeness (QED) is 0.632. The number of halogens is 2. The molecule has 2 N–H and O–H groups in total. The lowest BCUT2D eigenvalue weighted by atomic mass is 9.96. The van der Waals surface area contributed by atoms with Crippen molar-refractivity contribution < 1.29 is 13.5 Å². The Bertz CT molecular complexity index is 1000. The Morgan fingerprint density at radius 3 is 2.93 bits per heavy atom. The molecule has 3 aromatic heterocycles. The molecule has 28 heavy (non-hydrogen) atoms. The SMILES string of the molecule is COc1cc(CNc2ccc(CC3CNc4ncncc43)c(F)n2)c(F)cn1. The highest BCUT2D eigenvalue weighted by Crippen LogP contribution is 2.31. The van der Waals surface area contributed by atoms with Crippen LogP contribution in [-0.4, -0.2) is 33.6 Å². The first-order valence-corrected chi connectivity index (χ1v) is 8.75. The van der Waals surface area contributed by atoms with Gasteiger partial charge in [-0.25, -0.2) is 24.3 Å². The van der Waals surface area contributed by atoms with Crippen molar-refractivity contribution in [1.82, 2.24) is 19.9 Å². The summed E-state index contributed by atoms with van der Waals surface area (Å²) < 4.78 is 33.3. The molecule has 0 aliphatic carbocycles. The molecule has 0 spiro atoms. The molecule has 0 aromatic carbocycles. The summed E-state index contributed by atoms with van der Waals surface area (Å²) in [6.45, 7) is 0.810. The van der Waals surface area contributed by atoms with Crippen LogP contribution in [-0.2, 0) is 13.0 Å². The van der Waals surface area contributed by atoms with Gasteiger partial charge in [0.2, 0.25) is 11.8 Å². The molecule has 0 bridgehead atoms. The Morgan fingerprint density at radius 2 is 2.11 bits per heavy atom. The number of methoxy groups -OCH3 is 1. The van der Waals surface area contributed by atoms with Crippen LogP contribution in [0.2, 0.25) is 0 Å². The predicted molar refractivity (Wildman–Crippen MR) is 99.2 cm³/mol. The molecular weight excluding hydrogens is 366 g/mol. The molecule has 144 valence electrons. The van der Waals surface area contributed by atoms with E-state index in [1.54, 1.807) is 18.3 Å². The van der Waals surface area contributed by atoms with Crippen LogP contribution in [0.25, 0.3) is 0 Å². The summed E-state index contributed by atoms with van der Waals surface area (Å²) in [6.07, 6.45) is 4.82. The molecule has 4 rings (SSSR count). The second kappa shape index (κ2) is 7.71. The van der Waals surface area contributed by atoms with Crippen LogP contribution in [0.15, 0.2) is 36.9 Å². The van der Waals surface area contributed by atoms with Gasteiger partial charge in [0.25, 0.3) is 0 Å². The molecule has 7 nitrogen and oxygen atoms in total. The van der Waals surface area contributed by atoms with Crippen molar-refractivity contribution in [3.05, 3.63) is 65.4 Å². The Kier molecular flexibility index (Phi) is 4.96. The fourth-order valence-corrected chi connectivity index (χ4v) is 3.17. The summed E-state index contributed by atoms with van der Waals surface area (Å²) in [5.41, 5.74) is 1.84. The lowest BCUT2D eigenvalue weighted by Crippen LogP contribution is -2.09. The van der Waals surface area contributed by atoms with Crippen LogP contribution in [0, 0.1) is 11.8 Å². The number of hydrogen-bond donors (Lipinski definition) is 2. The third-order valence-corrected chi connectivity index (χ3v) is 4.67. The van der Waals surface area contributed by atoms with Crippen LogP contribution in [0.4, 0.5) is 20.4 Å². The van der Waals surface area contributed by atoms with E-state index in [0.717, 1.165) is 17.6 Å². The van der Waals surface area contributed by atoms with E-state index in [4.69, 9.17) is 4.74 Å². The molecule has 1 unspecified atom stereocenters. The third-order valence-electron chi connectivity index (χ3n) is 4.67. The minimum absolute atomic E-state index is 0.0877. The molecular formula is C19H18F2N6O. The largest absolute Gasteiger partial charge is 0.481 e. The minimum Gasteiger partial charge on any atom is -0.481 e. The first kappa shape index (κ1) is 18.0. The lowest BCUT2D eigenvalue weighted by molar-refractivity contribution is 0.395. The van der Waals surface area contributed by atoms with Crippen LogP contribution in [0.5, 0.6) is 5.88 Å². The van der Waals surface area contributed by atoms with E-state index in [9.17, 15) is 8.78 Å². The maximum atomic E-state index is 14.5. The maximum absolute atomic E-state index is 14.5. The third kappa shape index (κ3) is 3.68. The zero-order valence-corrected chi connectivity index (χ0v) is 15.1. The van der Waals surface area contributed by atoms with Gasteiger partial charge in [0, 0.05) is 48.0 Å². The molecule has 4 heterocycles. The maximum Gasteiger partial charge on any atom is 0.218 e. The molecule has 0 saturated heterocycles. The Hall–Kier alpha value is -3.36. The van der Waals surface area contributed by atoms with Crippen LogP contribution in [0.3, 0.4) is 0 Å². The van der Waals surface area contributed by atoms with Crippen LogP contribution >= 0.6 is 0 Å². The minimum atomic E-state index is -0.553. The zero-order valence-electron chi connectivity index (χ0n) is 15.1. The summed E-state index contributed by atoms with van der Waals surface area (Å²) in [5.74, 6) is 0.487. The standard InChI is InChI=1S/C19H18F2N6O/c1-28-17-5-13(15(20)9-24-17)7-23-16-3-2-11(18(21)27-16)4-12-6-25-19-14(12)8-22-10-26-19/h2-3,5,8-10,12H,4,6-7H2,1H3,(H,23,27)(H,22,25,26). The van der Waals surface area contributed by atoms with E-state index in [2.05, 4.69) is 30.6 Å². The molecule has 1 aliphatic heterocycles. The average Bonchev–Trinajstić information content (AvgIpc) is 3.12. The van der Waals surface area contributed by atoms with E-state index >= 15 is 0 Å². The van der Waals surface area contributed by atoms with Gasteiger partial charge >= 0.3 is 0 Å². The van der Waals surface area contributed by atoms with Gasteiger partial charge in [0.1, 0.15) is 23.8 Å². The summed E-state index contributed by atoms with van der Waals surface area (Å²) in [5, 5.41) is 6.12. The molecule has 1 aliphatic rings. The first-order chi connectivity index (χ1) is 13.6. The molecule has 9 heteroatoms. The summed E-state index contributed by atoms with van der Waals surface area (Å²) in [6, 6.07) is 4.86. The van der Waals surface area contributed by atoms with E-state index in [0.29, 0.717) is 35.8 Å². The molecule has 0 radical (unpaired) electrons. The van der Waals surface area contributed by atoms with Crippen molar-refractivity contribution in [3.8, 4) is 5.88 Å². The van der Waals surface area contributed by atoms with Gasteiger partial charge < -0.3 is 15.4 Å². The summed E-state index contributed by atoms with van der Waals surface area (Å²) >= 11 is 0. The van der Waals surface area contributed by atoms with Gasteiger partial charge in [-0.05, 0) is 12.5 Å². The Labute approximate surface area is 160 Å². The predicted octanol–water partition coefficient (Wildman–Crippen LogP) is 2.92. The van der Waals surface area contributed by atoms with Crippen molar-refractivity contribution in [1.29, 1.82) is 0 Å². The fraction of sp³-hybridized carbons (Fsp3) is 0.263. The Morgan fingerprint density at radius 1 is 1.21 bits per heavy atom. The number of pyridine rings is 2. The molecule has 1 atom stereocenters. The number of nitrogens with one attached hydrogen (secondary N) is 2. The summed E-state index contributed by atoms with van der Waals surface area (Å²) in [4.78, 5) is 16.0. The second-order valence-electron chi connectivity index (χ2n) is 6.43. The first-order valence-electron chi connectivity index (χ1n) is 8.75. The Balaban J connectivity index is 1.44. The summed E-state index contributed by atoms with van der Waals surface area (Å²) in [7, 11) is 1.46. The van der Waals surface area contributed by atoms with Crippen molar-refractivity contribution in [3.63, 3.8) is 0 Å². The van der Waals surface area contributed by atoms with E-state index in [1.807, 2.05) is 0 Å². The smallest absolute Gasteiger partial charge is 0.218 e. The van der Waals surface area contributed by atoms with Crippen molar-refractivity contribution in [2.45, 2.75) is 18.9 Å². The van der Waals surface area contributed by atoms with E-state index in [-0.39, 0.29) is 12.5 Å². The number of aromatic nitrogens is 4. The fourth-order valence-electron chi connectivity index (χ4n) is 3.17. The molecule has 0 amide bonds. The van der Waals surface area contributed by atoms with Crippen LogP contribution in [0.1, 0.15) is 22.6 Å². The van der Waals surface area contributed by atoms with Gasteiger partial charge in [-0.3, -0.25) is 0 Å². The van der Waals surface area contributed by atoms with Gasteiger partial charge in [-0.1, -0.05) is 6.07 Å². The monoisotopic (exact) mass is 384 g/mol. The molecule has 0 fully saturated rings. The van der Waals surface area contributed by atoms with Crippen molar-refractivity contribution >= 4 is 11.6 Å². The average molecular weight is 384 g/mol. The van der Waals surface area contributed by atoms with E-state index in [1.165, 1.54) is 19.5 Å². The van der Waals surface area contributed by atoms with Crippen LogP contribution < -0.4 is 15.4 Å². The lowest BCUT2D eigenvalue weighted by Gasteiger charge is -2.12. The topological polar surface area (TPSA) is 84.9 Å². The van der Waals surface area contributed by atoms with Gasteiger partial charge in [-0.15, -0.1) is 0 Å². The van der Waals surface area contributed by atoms with Gasteiger partial charge in [0.05, 0.1) is 13.3 Å². The number of rotatable bonds is 6. The highest BCUT2D eigenvalue weighted by Gasteiger charge is 2.24. The highest BCUT2D eigenvalue weighted by molar-refractivity contribution is 5.51. The molecule has 0 saturated carbocycles. The zero-order chi connectivity index (χ0) is 19.5.